The first-order valence-electron chi connectivity index (χ1n) is 7.04. The fraction of sp³-hybridized carbons (Fsp3) is 0.286. The van der Waals surface area contributed by atoms with Gasteiger partial charge in [0, 0.05) is 31.0 Å². The highest BCUT2D eigenvalue weighted by Gasteiger charge is 2.21. The van der Waals surface area contributed by atoms with Gasteiger partial charge in [-0.15, -0.1) is 0 Å². The number of hydrogen-bond acceptors (Lipinski definition) is 8. The van der Waals surface area contributed by atoms with Gasteiger partial charge in [-0.1, -0.05) is 6.58 Å². The summed E-state index contributed by atoms with van der Waals surface area (Å²) >= 11 is 0. The Hall–Kier alpha value is -2.81. The molecular formula is C14H16FN7O. The number of rotatable bonds is 4. The molecule has 2 aromatic rings. The normalized spacial score (nSPS) is 14.6. The number of ether oxygens (including phenoxy) is 1. The Morgan fingerprint density at radius 3 is 2.61 bits per heavy atom. The fourth-order valence-electron chi connectivity index (χ4n) is 2.18. The zero-order valence-electron chi connectivity index (χ0n) is 12.4. The summed E-state index contributed by atoms with van der Waals surface area (Å²) < 4.78 is 19.9. The molecule has 1 saturated heterocycles. The smallest absolute Gasteiger partial charge is 0.228 e. The lowest BCUT2D eigenvalue weighted by molar-refractivity contribution is 0.122. The highest BCUT2D eigenvalue weighted by Crippen LogP contribution is 2.27. The molecule has 0 atom stereocenters. The number of aromatic nitrogens is 4. The van der Waals surface area contributed by atoms with E-state index >= 15 is 0 Å². The van der Waals surface area contributed by atoms with Crippen molar-refractivity contribution < 1.29 is 9.13 Å². The van der Waals surface area contributed by atoms with Crippen LogP contribution in [-0.4, -0.2) is 46.2 Å². The van der Waals surface area contributed by atoms with Crippen LogP contribution in [0.5, 0.6) is 0 Å². The van der Waals surface area contributed by atoms with Crippen molar-refractivity contribution in [3.63, 3.8) is 0 Å². The molecule has 1 fully saturated rings. The zero-order chi connectivity index (χ0) is 16.2. The Labute approximate surface area is 132 Å². The minimum Gasteiger partial charge on any atom is -0.378 e. The van der Waals surface area contributed by atoms with Crippen LogP contribution in [-0.2, 0) is 4.74 Å². The number of nitrogens with one attached hydrogen (secondary N) is 1. The van der Waals surface area contributed by atoms with Crippen LogP contribution in [0.15, 0.2) is 25.2 Å². The molecule has 1 aliphatic rings. The molecule has 0 aliphatic carbocycles. The molecule has 3 rings (SSSR count). The molecule has 0 amide bonds. The maximum atomic E-state index is 14.6. The van der Waals surface area contributed by atoms with Crippen molar-refractivity contribution >= 4 is 17.7 Å². The van der Waals surface area contributed by atoms with E-state index in [0.717, 1.165) is 0 Å². The molecule has 9 heteroatoms. The van der Waals surface area contributed by atoms with Gasteiger partial charge >= 0.3 is 0 Å². The summed E-state index contributed by atoms with van der Waals surface area (Å²) in [6, 6.07) is 0. The quantitative estimate of drug-likeness (QED) is 0.862. The van der Waals surface area contributed by atoms with Crippen LogP contribution in [0.2, 0.25) is 0 Å². The van der Waals surface area contributed by atoms with Gasteiger partial charge in [0.15, 0.2) is 11.6 Å². The maximum absolute atomic E-state index is 14.6. The Bertz CT molecular complexity index is 701. The van der Waals surface area contributed by atoms with E-state index in [2.05, 4.69) is 31.8 Å². The van der Waals surface area contributed by atoms with Crippen LogP contribution >= 0.6 is 0 Å². The van der Waals surface area contributed by atoms with Crippen LogP contribution < -0.4 is 16.0 Å². The third-order valence-corrected chi connectivity index (χ3v) is 3.32. The molecule has 3 N–H and O–H groups in total. The first-order chi connectivity index (χ1) is 11.2. The molecule has 0 radical (unpaired) electrons. The van der Waals surface area contributed by atoms with E-state index < -0.39 is 5.82 Å². The summed E-state index contributed by atoms with van der Waals surface area (Å²) in [6.07, 6.45) is 4.21. The number of nitrogens with zero attached hydrogens (tertiary/aromatic N) is 5. The van der Waals surface area contributed by atoms with Gasteiger partial charge in [-0.3, -0.25) is 0 Å². The Balaban J connectivity index is 2.07. The topological polar surface area (TPSA) is 102 Å². The Morgan fingerprint density at radius 1 is 1.26 bits per heavy atom. The van der Waals surface area contributed by atoms with Gasteiger partial charge in [-0.25, -0.2) is 19.3 Å². The van der Waals surface area contributed by atoms with Crippen molar-refractivity contribution in [2.24, 2.45) is 0 Å². The van der Waals surface area contributed by atoms with Gasteiger partial charge < -0.3 is 20.7 Å². The molecule has 120 valence electrons. The van der Waals surface area contributed by atoms with Crippen molar-refractivity contribution in [3.05, 3.63) is 31.0 Å². The highest BCUT2D eigenvalue weighted by molar-refractivity contribution is 5.65. The number of anilines is 3. The number of halogens is 1. The summed E-state index contributed by atoms with van der Waals surface area (Å²) in [5.41, 5.74) is 5.99. The average molecular weight is 317 g/mol. The maximum Gasteiger partial charge on any atom is 0.228 e. The van der Waals surface area contributed by atoms with Crippen LogP contribution in [0.25, 0.3) is 11.3 Å². The second-order valence-corrected chi connectivity index (χ2v) is 4.81. The number of hydrogen-bond donors (Lipinski definition) is 2. The molecular weight excluding hydrogens is 301 g/mol. The molecule has 0 saturated carbocycles. The summed E-state index contributed by atoms with van der Waals surface area (Å²) in [7, 11) is 0. The van der Waals surface area contributed by atoms with Gasteiger partial charge in [0.05, 0.1) is 13.2 Å². The highest BCUT2D eigenvalue weighted by atomic mass is 19.1. The van der Waals surface area contributed by atoms with Gasteiger partial charge in [-0.05, 0) is 6.20 Å². The largest absolute Gasteiger partial charge is 0.378 e. The molecule has 0 spiro atoms. The third-order valence-electron chi connectivity index (χ3n) is 3.32. The molecule has 8 nitrogen and oxygen atoms in total. The first kappa shape index (κ1) is 15.1. The number of nitrogens with two attached hydrogens (primary N) is 1. The summed E-state index contributed by atoms with van der Waals surface area (Å²) in [6.45, 7) is 5.96. The van der Waals surface area contributed by atoms with E-state index in [-0.39, 0.29) is 17.5 Å². The lowest BCUT2D eigenvalue weighted by Crippen LogP contribution is -2.37. The zero-order valence-corrected chi connectivity index (χ0v) is 12.4. The Morgan fingerprint density at radius 2 is 1.96 bits per heavy atom. The van der Waals surface area contributed by atoms with Crippen molar-refractivity contribution in [1.82, 2.24) is 19.9 Å². The monoisotopic (exact) mass is 317 g/mol. The van der Waals surface area contributed by atoms with Gasteiger partial charge in [0.2, 0.25) is 11.9 Å². The lowest BCUT2D eigenvalue weighted by Gasteiger charge is -2.27. The molecule has 23 heavy (non-hydrogen) atoms. The number of nitrogen functional groups attached to an aromatic ring is 1. The van der Waals surface area contributed by atoms with E-state index in [1.54, 1.807) is 0 Å². The average Bonchev–Trinajstić information content (AvgIpc) is 2.58. The van der Waals surface area contributed by atoms with E-state index in [9.17, 15) is 4.39 Å². The minimum atomic E-state index is -0.602. The molecule has 0 unspecified atom stereocenters. The molecule has 0 bridgehead atoms. The van der Waals surface area contributed by atoms with E-state index in [1.807, 2.05) is 4.90 Å². The lowest BCUT2D eigenvalue weighted by atomic mass is 10.2. The SMILES string of the molecule is C=CNc1nc(N2CCOCC2)nc(-c2cnc(N)nc2)c1F. The van der Waals surface area contributed by atoms with Crippen molar-refractivity contribution in [1.29, 1.82) is 0 Å². The van der Waals surface area contributed by atoms with Crippen LogP contribution in [0.4, 0.5) is 22.1 Å². The summed E-state index contributed by atoms with van der Waals surface area (Å²) in [5.74, 6) is -0.0365. The second kappa shape index (κ2) is 6.53. The molecule has 2 aromatic heterocycles. The molecule has 0 aromatic carbocycles. The summed E-state index contributed by atoms with van der Waals surface area (Å²) in [5, 5.41) is 2.69. The van der Waals surface area contributed by atoms with Gasteiger partial charge in [-0.2, -0.15) is 4.98 Å². The van der Waals surface area contributed by atoms with Crippen LogP contribution in [0.3, 0.4) is 0 Å². The van der Waals surface area contributed by atoms with E-state index in [4.69, 9.17) is 10.5 Å². The minimum absolute atomic E-state index is 0.0447. The second-order valence-electron chi connectivity index (χ2n) is 4.81. The number of morpholine rings is 1. The van der Waals surface area contributed by atoms with Crippen molar-refractivity contribution in [2.75, 3.05) is 42.3 Å². The standard InChI is InChI=1S/C14H16FN7O/c1-2-17-12-10(15)11(9-7-18-13(16)19-8-9)20-14(21-12)22-3-5-23-6-4-22/h2,7-8H,1,3-6H2,(H2,16,18,19)(H,17,20,21). The van der Waals surface area contributed by atoms with E-state index in [1.165, 1.54) is 18.6 Å². The third kappa shape index (κ3) is 3.19. The van der Waals surface area contributed by atoms with E-state index in [0.29, 0.717) is 37.8 Å². The summed E-state index contributed by atoms with van der Waals surface area (Å²) in [4.78, 5) is 18.2. The fourth-order valence-corrected chi connectivity index (χ4v) is 2.18. The van der Waals surface area contributed by atoms with Gasteiger partial charge in [0.1, 0.15) is 5.69 Å². The predicted octanol–water partition coefficient (Wildman–Crippen LogP) is 1.05. The molecule has 3 heterocycles. The van der Waals surface area contributed by atoms with Gasteiger partial charge in [0.25, 0.3) is 0 Å². The van der Waals surface area contributed by atoms with Crippen LogP contribution in [0, 0.1) is 5.82 Å². The van der Waals surface area contributed by atoms with Crippen molar-refractivity contribution in [3.8, 4) is 11.3 Å². The van der Waals surface area contributed by atoms with Crippen molar-refractivity contribution in [2.45, 2.75) is 0 Å². The molecule has 1 aliphatic heterocycles. The van der Waals surface area contributed by atoms with Crippen LogP contribution in [0.1, 0.15) is 0 Å². The Kier molecular flexibility index (Phi) is 4.29. The first-order valence-corrected chi connectivity index (χ1v) is 7.04. The predicted molar refractivity (Wildman–Crippen MR) is 84.3 cm³/mol.